The Hall–Kier alpha value is -2.28. The fourth-order valence-corrected chi connectivity index (χ4v) is 3.65. The van der Waals surface area contributed by atoms with Gasteiger partial charge in [0.15, 0.2) is 0 Å². The molecule has 0 aliphatic heterocycles. The summed E-state index contributed by atoms with van der Waals surface area (Å²) in [6.07, 6.45) is 8.47. The van der Waals surface area contributed by atoms with Crippen LogP contribution in [0, 0.1) is 11.8 Å². The Bertz CT molecular complexity index is 757. The molecule has 0 amide bonds. The SMILES string of the molecule is O=C(O)/C=C\C/C=C\CC1C(O)CC(O)[C@@H]1C/C=C(\O)COc1cccc(Cl)c1. The van der Waals surface area contributed by atoms with Crippen LogP contribution >= 0.6 is 11.6 Å². The molecule has 29 heavy (non-hydrogen) atoms. The number of rotatable bonds is 10. The molecule has 0 aromatic heterocycles. The Kier molecular flexibility index (Phi) is 9.25. The molecular weight excluding hydrogens is 396 g/mol. The van der Waals surface area contributed by atoms with E-state index in [0.717, 1.165) is 6.08 Å². The van der Waals surface area contributed by atoms with Crippen LogP contribution in [0.1, 0.15) is 25.7 Å². The van der Waals surface area contributed by atoms with E-state index < -0.39 is 18.2 Å². The highest BCUT2D eigenvalue weighted by atomic mass is 35.5. The minimum Gasteiger partial charge on any atom is -0.509 e. The highest BCUT2D eigenvalue weighted by Gasteiger charge is 2.40. The summed E-state index contributed by atoms with van der Waals surface area (Å²) in [5, 5.41) is 39.7. The van der Waals surface area contributed by atoms with Crippen LogP contribution < -0.4 is 4.74 Å². The Morgan fingerprint density at radius 3 is 2.52 bits per heavy atom. The number of ether oxygens (including phenoxy) is 1. The van der Waals surface area contributed by atoms with E-state index in [1.165, 1.54) is 6.08 Å². The van der Waals surface area contributed by atoms with Gasteiger partial charge in [-0.15, -0.1) is 0 Å². The summed E-state index contributed by atoms with van der Waals surface area (Å²) in [6.45, 7) is -0.00775. The van der Waals surface area contributed by atoms with E-state index >= 15 is 0 Å². The summed E-state index contributed by atoms with van der Waals surface area (Å²) in [5.74, 6) is -0.709. The van der Waals surface area contributed by atoms with Crippen molar-refractivity contribution in [3.63, 3.8) is 0 Å². The van der Waals surface area contributed by atoms with Crippen LogP contribution in [0.25, 0.3) is 0 Å². The molecule has 1 fully saturated rings. The van der Waals surface area contributed by atoms with Crippen molar-refractivity contribution in [3.8, 4) is 5.75 Å². The van der Waals surface area contributed by atoms with E-state index in [0.29, 0.717) is 36.5 Å². The lowest BCUT2D eigenvalue weighted by molar-refractivity contribution is -0.131. The van der Waals surface area contributed by atoms with Crippen molar-refractivity contribution in [1.29, 1.82) is 0 Å². The molecule has 0 spiro atoms. The van der Waals surface area contributed by atoms with Crippen molar-refractivity contribution in [2.75, 3.05) is 6.61 Å². The monoisotopic (exact) mass is 422 g/mol. The standard InChI is InChI=1S/C22H27ClO6/c23-15-6-5-7-17(12-15)29-14-16(24)10-11-19-18(20(25)13-21(19)26)8-3-1-2-4-9-22(27)28/h1,3-7,9-10,12,18-21,24-26H,2,8,11,13-14H2,(H,27,28)/b3-1-,9-4-,16-10-/t18?,19-,20?,21?/m1/s1. The van der Waals surface area contributed by atoms with Crippen molar-refractivity contribution in [3.05, 3.63) is 65.4 Å². The van der Waals surface area contributed by atoms with Crippen LogP contribution in [0.15, 0.2) is 60.4 Å². The molecule has 1 aromatic rings. The predicted octanol–water partition coefficient (Wildman–Crippen LogP) is 3.89. The van der Waals surface area contributed by atoms with Gasteiger partial charge in [0, 0.05) is 11.1 Å². The maximum Gasteiger partial charge on any atom is 0.327 e. The molecule has 1 aromatic carbocycles. The molecule has 7 heteroatoms. The van der Waals surface area contributed by atoms with Gasteiger partial charge in [-0.25, -0.2) is 4.79 Å². The van der Waals surface area contributed by atoms with E-state index in [4.69, 9.17) is 21.4 Å². The van der Waals surface area contributed by atoms with Gasteiger partial charge in [0.25, 0.3) is 0 Å². The molecule has 3 unspecified atom stereocenters. The van der Waals surface area contributed by atoms with Crippen LogP contribution in [0.5, 0.6) is 5.75 Å². The zero-order chi connectivity index (χ0) is 21.2. The van der Waals surface area contributed by atoms with Crippen LogP contribution in [0.4, 0.5) is 0 Å². The largest absolute Gasteiger partial charge is 0.509 e. The zero-order valence-electron chi connectivity index (χ0n) is 16.0. The molecule has 1 saturated carbocycles. The van der Waals surface area contributed by atoms with Crippen LogP contribution in [0.2, 0.25) is 5.02 Å². The fraction of sp³-hybridized carbons (Fsp3) is 0.409. The summed E-state index contributed by atoms with van der Waals surface area (Å²) in [7, 11) is 0. The van der Waals surface area contributed by atoms with Gasteiger partial charge < -0.3 is 25.2 Å². The lowest BCUT2D eigenvalue weighted by Crippen LogP contribution is -2.21. The first-order valence-electron chi connectivity index (χ1n) is 9.53. The number of hydrogen-bond acceptors (Lipinski definition) is 5. The van der Waals surface area contributed by atoms with Crippen LogP contribution in [-0.2, 0) is 4.79 Å². The highest BCUT2D eigenvalue weighted by Crippen LogP contribution is 2.37. The number of allylic oxidation sites excluding steroid dienone is 4. The number of aliphatic hydroxyl groups excluding tert-OH is 3. The molecule has 0 radical (unpaired) electrons. The first-order chi connectivity index (χ1) is 13.9. The van der Waals surface area contributed by atoms with Gasteiger partial charge in [0.1, 0.15) is 18.1 Å². The molecule has 2 rings (SSSR count). The van der Waals surface area contributed by atoms with E-state index in [1.54, 1.807) is 30.3 Å². The van der Waals surface area contributed by atoms with Gasteiger partial charge in [0.2, 0.25) is 0 Å². The van der Waals surface area contributed by atoms with Crippen LogP contribution in [0.3, 0.4) is 0 Å². The third-order valence-electron chi connectivity index (χ3n) is 4.94. The van der Waals surface area contributed by atoms with E-state index in [1.807, 2.05) is 12.2 Å². The normalized spacial score (nSPS) is 25.1. The second-order valence-corrected chi connectivity index (χ2v) is 7.50. The van der Waals surface area contributed by atoms with E-state index in [9.17, 15) is 20.1 Å². The second kappa shape index (κ2) is 11.7. The summed E-state index contributed by atoms with van der Waals surface area (Å²) in [4.78, 5) is 10.4. The summed E-state index contributed by atoms with van der Waals surface area (Å²) in [5.41, 5.74) is 0. The van der Waals surface area contributed by atoms with E-state index in [2.05, 4.69) is 0 Å². The third kappa shape index (κ3) is 7.93. The first-order valence-corrected chi connectivity index (χ1v) is 9.91. The number of aliphatic hydroxyl groups is 3. The van der Waals surface area contributed by atoms with Gasteiger partial charge in [-0.2, -0.15) is 0 Å². The maximum atomic E-state index is 10.4. The Morgan fingerprint density at radius 2 is 1.83 bits per heavy atom. The zero-order valence-corrected chi connectivity index (χ0v) is 16.8. The third-order valence-corrected chi connectivity index (χ3v) is 5.17. The van der Waals surface area contributed by atoms with Crippen molar-refractivity contribution >= 4 is 17.6 Å². The molecule has 158 valence electrons. The molecule has 6 nitrogen and oxygen atoms in total. The number of hydrogen-bond donors (Lipinski definition) is 4. The minimum atomic E-state index is -0.987. The van der Waals surface area contributed by atoms with Gasteiger partial charge in [0.05, 0.1) is 12.2 Å². The smallest absolute Gasteiger partial charge is 0.327 e. The van der Waals surface area contributed by atoms with Gasteiger partial charge in [-0.05, 0) is 61.8 Å². The number of carbonyl (C=O) groups is 1. The topological polar surface area (TPSA) is 107 Å². The average Bonchev–Trinajstić information content (AvgIpc) is 2.93. The Morgan fingerprint density at radius 1 is 1.10 bits per heavy atom. The molecule has 1 aliphatic carbocycles. The number of aliphatic carboxylic acids is 1. The average molecular weight is 423 g/mol. The van der Waals surface area contributed by atoms with E-state index in [-0.39, 0.29) is 24.2 Å². The molecule has 0 saturated heterocycles. The van der Waals surface area contributed by atoms with Crippen LogP contribution in [-0.4, -0.2) is 45.2 Å². The second-order valence-electron chi connectivity index (χ2n) is 7.06. The Labute approximate surface area is 175 Å². The molecular formula is C22H27ClO6. The van der Waals surface area contributed by atoms with Crippen molar-refractivity contribution in [2.24, 2.45) is 11.8 Å². The molecule has 4 N–H and O–H groups in total. The maximum absolute atomic E-state index is 10.4. The number of benzene rings is 1. The molecule has 0 heterocycles. The number of halogens is 1. The van der Waals surface area contributed by atoms with Crippen molar-refractivity contribution in [2.45, 2.75) is 37.9 Å². The minimum absolute atomic E-state index is 0.00775. The lowest BCUT2D eigenvalue weighted by atomic mass is 9.87. The van der Waals surface area contributed by atoms with Crippen molar-refractivity contribution < 1.29 is 30.0 Å². The molecule has 4 atom stereocenters. The number of carboxylic acids is 1. The summed E-state index contributed by atoms with van der Waals surface area (Å²) >= 11 is 5.89. The highest BCUT2D eigenvalue weighted by molar-refractivity contribution is 6.30. The molecule has 0 bridgehead atoms. The molecule has 1 aliphatic rings. The first kappa shape index (κ1) is 23.0. The fourth-order valence-electron chi connectivity index (χ4n) is 3.47. The van der Waals surface area contributed by atoms with Gasteiger partial charge in [-0.1, -0.05) is 35.9 Å². The Balaban J connectivity index is 1.86. The van der Waals surface area contributed by atoms with Crippen molar-refractivity contribution in [1.82, 2.24) is 0 Å². The predicted molar refractivity (Wildman–Crippen MR) is 111 cm³/mol. The number of carboxylic acid groups (broad SMARTS) is 1. The van der Waals surface area contributed by atoms with Gasteiger partial charge >= 0.3 is 5.97 Å². The quantitative estimate of drug-likeness (QED) is 0.259. The lowest BCUT2D eigenvalue weighted by Gasteiger charge is -2.21. The van der Waals surface area contributed by atoms with Gasteiger partial charge in [-0.3, -0.25) is 0 Å². The summed E-state index contributed by atoms with van der Waals surface area (Å²) < 4.78 is 5.48. The summed E-state index contributed by atoms with van der Waals surface area (Å²) in [6, 6.07) is 6.88.